The van der Waals surface area contributed by atoms with E-state index in [1.807, 2.05) is 6.92 Å². The van der Waals surface area contributed by atoms with Crippen LogP contribution in [0.1, 0.15) is 51.6 Å². The van der Waals surface area contributed by atoms with Crippen molar-refractivity contribution in [1.82, 2.24) is 9.78 Å². The van der Waals surface area contributed by atoms with Gasteiger partial charge in [0.15, 0.2) is 0 Å². The Morgan fingerprint density at radius 3 is 2.70 bits per heavy atom. The summed E-state index contributed by atoms with van der Waals surface area (Å²) in [6.07, 6.45) is 5.58. The van der Waals surface area contributed by atoms with Crippen LogP contribution in [-0.4, -0.2) is 20.7 Å². The van der Waals surface area contributed by atoms with Crippen molar-refractivity contribution in [2.45, 2.75) is 65.5 Å². The molecule has 1 saturated carbocycles. The first-order chi connectivity index (χ1) is 9.56. The van der Waals surface area contributed by atoms with Gasteiger partial charge in [-0.15, -0.1) is 0 Å². The molecule has 1 aromatic heterocycles. The van der Waals surface area contributed by atoms with Crippen LogP contribution in [0.25, 0.3) is 0 Å². The van der Waals surface area contributed by atoms with Crippen molar-refractivity contribution in [1.29, 1.82) is 0 Å². The first kappa shape index (κ1) is 14.8. The Morgan fingerprint density at radius 1 is 1.50 bits per heavy atom. The number of rotatable bonds is 8. The predicted octanol–water partition coefficient (Wildman–Crippen LogP) is 3.50. The summed E-state index contributed by atoms with van der Waals surface area (Å²) in [5, 5.41) is 19.0. The molecule has 0 aromatic carbocycles. The molecule has 1 N–H and O–H groups in total. The largest absolute Gasteiger partial charge is 0.362 e. The monoisotopic (exact) mass is 280 g/mol. The van der Waals surface area contributed by atoms with Crippen molar-refractivity contribution >= 4 is 11.5 Å². The van der Waals surface area contributed by atoms with Gasteiger partial charge in [-0.3, -0.25) is 10.1 Å². The van der Waals surface area contributed by atoms with Crippen LogP contribution in [0.5, 0.6) is 0 Å². The van der Waals surface area contributed by atoms with Crippen molar-refractivity contribution in [3.63, 3.8) is 0 Å². The molecular formula is C14H24N4O2. The van der Waals surface area contributed by atoms with Crippen LogP contribution in [0.15, 0.2) is 0 Å². The summed E-state index contributed by atoms with van der Waals surface area (Å²) in [7, 11) is 0. The van der Waals surface area contributed by atoms with E-state index in [0.717, 1.165) is 25.2 Å². The van der Waals surface area contributed by atoms with E-state index in [2.05, 4.69) is 17.3 Å². The third kappa shape index (κ3) is 3.29. The molecule has 1 aliphatic rings. The van der Waals surface area contributed by atoms with Crippen LogP contribution in [0, 0.1) is 23.0 Å². The zero-order valence-electron chi connectivity index (χ0n) is 12.6. The van der Waals surface area contributed by atoms with E-state index >= 15 is 0 Å². The van der Waals surface area contributed by atoms with Gasteiger partial charge in [0.1, 0.15) is 5.69 Å². The molecule has 0 bridgehead atoms. The number of aromatic nitrogens is 2. The fourth-order valence-corrected chi connectivity index (χ4v) is 2.58. The number of aryl methyl sites for hydroxylation is 2. The zero-order valence-corrected chi connectivity index (χ0v) is 12.6. The molecule has 1 aliphatic carbocycles. The molecule has 0 amide bonds. The maximum Gasteiger partial charge on any atom is 0.333 e. The Morgan fingerprint density at radius 2 is 2.20 bits per heavy atom. The van der Waals surface area contributed by atoms with Crippen LogP contribution in [-0.2, 0) is 6.54 Å². The van der Waals surface area contributed by atoms with Crippen molar-refractivity contribution < 1.29 is 4.92 Å². The normalized spacial score (nSPS) is 16.1. The summed E-state index contributed by atoms with van der Waals surface area (Å²) in [6.45, 7) is 6.58. The predicted molar refractivity (Wildman–Crippen MR) is 79.0 cm³/mol. The Kier molecular flexibility index (Phi) is 4.62. The van der Waals surface area contributed by atoms with Gasteiger partial charge < -0.3 is 5.32 Å². The minimum absolute atomic E-state index is 0.132. The van der Waals surface area contributed by atoms with E-state index in [9.17, 15) is 10.1 Å². The first-order valence-corrected chi connectivity index (χ1v) is 7.55. The molecule has 1 aromatic rings. The smallest absolute Gasteiger partial charge is 0.333 e. The molecule has 1 heterocycles. The fourth-order valence-electron chi connectivity index (χ4n) is 2.58. The second-order valence-electron chi connectivity index (χ2n) is 5.69. The highest BCUT2D eigenvalue weighted by atomic mass is 16.6. The van der Waals surface area contributed by atoms with Crippen molar-refractivity contribution in [3.05, 3.63) is 15.8 Å². The van der Waals surface area contributed by atoms with E-state index < -0.39 is 0 Å². The zero-order chi connectivity index (χ0) is 14.7. The first-order valence-electron chi connectivity index (χ1n) is 7.55. The Hall–Kier alpha value is -1.59. The lowest BCUT2D eigenvalue weighted by molar-refractivity contribution is -0.384. The number of nitrogens with one attached hydrogen (secondary N) is 1. The van der Waals surface area contributed by atoms with Crippen LogP contribution < -0.4 is 5.32 Å². The van der Waals surface area contributed by atoms with E-state index in [1.165, 1.54) is 12.8 Å². The van der Waals surface area contributed by atoms with Gasteiger partial charge in [-0.05, 0) is 32.1 Å². The average molecular weight is 280 g/mol. The third-order valence-electron chi connectivity index (χ3n) is 3.86. The molecule has 6 heteroatoms. The molecule has 0 spiro atoms. The topological polar surface area (TPSA) is 73.0 Å². The van der Waals surface area contributed by atoms with Crippen molar-refractivity contribution in [2.75, 3.05) is 5.32 Å². The minimum Gasteiger partial charge on any atom is -0.362 e. The molecule has 112 valence electrons. The minimum atomic E-state index is -0.319. The van der Waals surface area contributed by atoms with Crippen LogP contribution >= 0.6 is 0 Å². The Balaban J connectivity index is 2.23. The fraction of sp³-hybridized carbons (Fsp3) is 0.786. The summed E-state index contributed by atoms with van der Waals surface area (Å²) in [5.41, 5.74) is 0.625. The summed E-state index contributed by atoms with van der Waals surface area (Å²) >= 11 is 0. The van der Waals surface area contributed by atoms with Crippen LogP contribution in [0.4, 0.5) is 11.5 Å². The molecule has 0 aliphatic heterocycles. The number of hydrogen-bond acceptors (Lipinski definition) is 4. The maximum absolute atomic E-state index is 11.3. The lowest BCUT2D eigenvalue weighted by Crippen LogP contribution is -2.22. The summed E-state index contributed by atoms with van der Waals surface area (Å²) in [5.74, 6) is 1.39. The summed E-state index contributed by atoms with van der Waals surface area (Å²) < 4.78 is 1.75. The molecule has 1 atom stereocenters. The van der Waals surface area contributed by atoms with Gasteiger partial charge in [-0.1, -0.05) is 26.7 Å². The lowest BCUT2D eigenvalue weighted by Gasteiger charge is -2.18. The highest BCUT2D eigenvalue weighted by Crippen LogP contribution is 2.36. The Bertz CT molecular complexity index is 480. The third-order valence-corrected chi connectivity index (χ3v) is 3.86. The van der Waals surface area contributed by atoms with E-state index in [0.29, 0.717) is 24.1 Å². The second kappa shape index (κ2) is 6.24. The maximum atomic E-state index is 11.3. The SMILES string of the molecule is CCCn1nc(C)c([N+](=O)[O-])c1NC(CC)CC1CC1. The molecule has 0 radical (unpaired) electrons. The van der Waals surface area contributed by atoms with Gasteiger partial charge in [0, 0.05) is 12.6 Å². The number of nitrogens with zero attached hydrogens (tertiary/aromatic N) is 3. The van der Waals surface area contributed by atoms with Gasteiger partial charge in [0.05, 0.1) is 4.92 Å². The van der Waals surface area contributed by atoms with Gasteiger partial charge in [-0.25, -0.2) is 4.68 Å². The molecule has 20 heavy (non-hydrogen) atoms. The lowest BCUT2D eigenvalue weighted by atomic mass is 10.1. The van der Waals surface area contributed by atoms with Crippen molar-refractivity contribution in [3.8, 4) is 0 Å². The van der Waals surface area contributed by atoms with Gasteiger partial charge in [0.2, 0.25) is 5.82 Å². The molecule has 1 unspecified atom stereocenters. The van der Waals surface area contributed by atoms with Gasteiger partial charge in [-0.2, -0.15) is 5.10 Å². The molecular weight excluding hydrogens is 256 g/mol. The highest BCUT2D eigenvalue weighted by Gasteiger charge is 2.29. The summed E-state index contributed by atoms with van der Waals surface area (Å²) in [6, 6.07) is 0.299. The molecule has 6 nitrogen and oxygen atoms in total. The van der Waals surface area contributed by atoms with Gasteiger partial charge >= 0.3 is 5.69 Å². The standard InChI is InChI=1S/C14H24N4O2/c1-4-8-17-14(13(18(19)20)10(3)16-17)15-12(5-2)9-11-6-7-11/h11-12,15H,4-9H2,1-3H3. The second-order valence-corrected chi connectivity index (χ2v) is 5.69. The number of nitro groups is 1. The van der Waals surface area contributed by atoms with E-state index in [1.54, 1.807) is 11.6 Å². The van der Waals surface area contributed by atoms with Crippen LogP contribution in [0.3, 0.4) is 0 Å². The van der Waals surface area contributed by atoms with Crippen LogP contribution in [0.2, 0.25) is 0 Å². The summed E-state index contributed by atoms with van der Waals surface area (Å²) in [4.78, 5) is 11.0. The molecule has 0 saturated heterocycles. The quantitative estimate of drug-likeness (QED) is 0.584. The van der Waals surface area contributed by atoms with Gasteiger partial charge in [0.25, 0.3) is 0 Å². The van der Waals surface area contributed by atoms with Crippen molar-refractivity contribution in [2.24, 2.45) is 5.92 Å². The molecule has 2 rings (SSSR count). The number of anilines is 1. The molecule has 1 fully saturated rings. The Labute approximate surface area is 119 Å². The van der Waals surface area contributed by atoms with E-state index in [-0.39, 0.29) is 10.6 Å². The number of hydrogen-bond donors (Lipinski definition) is 1. The average Bonchev–Trinajstić information content (AvgIpc) is 3.14. The van der Waals surface area contributed by atoms with E-state index in [4.69, 9.17) is 0 Å². The highest BCUT2D eigenvalue weighted by molar-refractivity contribution is 5.60.